The molecule has 0 saturated carbocycles. The molecular formula is C63H36ClF9MgO5. The number of phenols is 1. The van der Waals surface area contributed by atoms with Crippen molar-refractivity contribution < 1.29 is 75.0 Å². The van der Waals surface area contributed by atoms with E-state index in [4.69, 9.17) is 18.0 Å². The Bertz CT molecular complexity index is 4480. The smallest absolute Gasteiger partial charge is 1.00 e. The molecule has 0 spiro atoms. The van der Waals surface area contributed by atoms with Gasteiger partial charge in [0.05, 0.1) is 16.7 Å². The van der Waals surface area contributed by atoms with Gasteiger partial charge in [-0.1, -0.05) is 103 Å². The summed E-state index contributed by atoms with van der Waals surface area (Å²) in [6.07, 6.45) is -11.0. The van der Waals surface area contributed by atoms with Crippen LogP contribution in [0.25, 0.3) is 93.4 Å². The molecule has 4 heterocycles. The molecule has 10 aromatic carbocycles. The summed E-state index contributed by atoms with van der Waals surface area (Å²) in [5, 5.41) is 16.4. The normalized spacial score (nSPS) is 14.4. The zero-order valence-corrected chi connectivity index (χ0v) is 43.0. The van der Waals surface area contributed by atoms with Crippen LogP contribution in [0.1, 0.15) is 38.9 Å². The fourth-order valence-corrected chi connectivity index (χ4v) is 10.2. The third kappa shape index (κ3) is 9.48. The van der Waals surface area contributed by atoms with Gasteiger partial charge in [-0.3, -0.25) is 0 Å². The summed E-state index contributed by atoms with van der Waals surface area (Å²) < 4.78 is 146. The monoisotopic (exact) mass is 1100 g/mol. The molecule has 1 N–H and O–H groups in total. The topological polar surface area (TPSA) is 68.9 Å². The second-order valence-corrected chi connectivity index (χ2v) is 18.4. The average molecular weight is 1100 g/mol. The van der Waals surface area contributed by atoms with Gasteiger partial charge in [-0.05, 0) is 90.3 Å². The van der Waals surface area contributed by atoms with Crippen LogP contribution in [0.3, 0.4) is 0 Å². The van der Waals surface area contributed by atoms with Crippen LogP contribution in [0, 0.1) is 6.92 Å². The maximum atomic E-state index is 14.5. The summed E-state index contributed by atoms with van der Waals surface area (Å²) in [6, 6.07) is 51.3. The van der Waals surface area contributed by atoms with Crippen molar-refractivity contribution >= 4 is 116 Å². The van der Waals surface area contributed by atoms with Crippen molar-refractivity contribution in [3.05, 3.63) is 240 Å². The number of fused-ring (bicyclic) bond motifs is 15. The van der Waals surface area contributed by atoms with E-state index in [1.807, 2.05) is 54.6 Å². The minimum absolute atomic E-state index is 0. The molecule has 0 aliphatic carbocycles. The van der Waals surface area contributed by atoms with E-state index >= 15 is 0 Å². The number of para-hydroxylation sites is 4. The minimum atomic E-state index is -4.72. The van der Waals surface area contributed by atoms with Crippen molar-refractivity contribution in [2.24, 2.45) is 0 Å². The van der Waals surface area contributed by atoms with Crippen LogP contribution in [-0.2, 0) is 24.1 Å². The van der Waals surface area contributed by atoms with E-state index in [1.165, 1.54) is 24.3 Å². The Kier molecular flexibility index (Phi) is 13.8. The van der Waals surface area contributed by atoms with Gasteiger partial charge in [0.25, 0.3) is 0 Å². The first-order chi connectivity index (χ1) is 36.9. The Morgan fingerprint density at radius 2 is 0.861 bits per heavy atom. The number of ether oxygens (including phenoxy) is 1. The molecule has 1 atom stereocenters. The molecule has 3 aromatic heterocycles. The van der Waals surface area contributed by atoms with Crippen molar-refractivity contribution in [2.45, 2.75) is 24.1 Å². The molecule has 0 bridgehead atoms. The molecule has 0 amide bonds. The van der Waals surface area contributed by atoms with E-state index in [2.05, 4.69) is 19.1 Å². The summed E-state index contributed by atoms with van der Waals surface area (Å²) in [4.78, 5) is 0. The van der Waals surface area contributed by atoms with Crippen LogP contribution in [0.15, 0.2) is 207 Å². The molecule has 79 heavy (non-hydrogen) atoms. The van der Waals surface area contributed by atoms with E-state index in [0.29, 0.717) is 44.0 Å². The van der Waals surface area contributed by atoms with Crippen LogP contribution in [0.4, 0.5) is 39.5 Å². The standard InChI is InChI=1S/C33H18F6O2.C17H9F3O2.C13H9O.ClH.Mg/c34-32(35,36)21-12-10-20(11-13-21)31(19-6-2-1-3-7-19)17-16-25-27(33(37,38)39)18-26-24(30(25)41-31)15-14-23-22-8-4-5-9-28(22)40-29(23)26;18-17(19,20)9-7-13-10(14(21)8-9)5-6-12-11-3-1-2-4-15(11)22-16(12)13;1-9-5-4-7-11-10-6-2-3-8-12(10)14-13(9)11;;/h1-18H;1-8,21H;2-8H,1H2;1H;/q;;-1;;+2/p-1. The van der Waals surface area contributed by atoms with E-state index in [1.54, 1.807) is 78.9 Å². The van der Waals surface area contributed by atoms with Gasteiger partial charge in [0.15, 0.2) is 5.60 Å². The number of benzene rings is 10. The molecule has 1 aliphatic rings. The number of halogens is 10. The second-order valence-electron chi connectivity index (χ2n) is 18.4. The maximum absolute atomic E-state index is 14.5. The fraction of sp³-hybridized carbons (Fsp3) is 0.0635. The quantitative estimate of drug-likeness (QED) is 0.106. The zero-order valence-electron chi connectivity index (χ0n) is 40.8. The first-order valence-corrected chi connectivity index (χ1v) is 23.8. The van der Waals surface area contributed by atoms with Gasteiger partial charge in [-0.15, -0.1) is 6.07 Å². The molecule has 14 rings (SSSR count). The van der Waals surface area contributed by atoms with Crippen molar-refractivity contribution in [3.8, 4) is 11.5 Å². The van der Waals surface area contributed by atoms with Gasteiger partial charge >= 0.3 is 41.6 Å². The molecule has 0 saturated heterocycles. The van der Waals surface area contributed by atoms with Crippen LogP contribution in [-0.4, -0.2) is 28.2 Å². The summed E-state index contributed by atoms with van der Waals surface area (Å²) in [5.41, 5.74) is 1.09. The summed E-state index contributed by atoms with van der Waals surface area (Å²) >= 11 is 0. The van der Waals surface area contributed by atoms with Gasteiger partial charge in [0, 0.05) is 70.7 Å². The number of hydrogen-bond acceptors (Lipinski definition) is 5. The van der Waals surface area contributed by atoms with Crippen LogP contribution < -0.4 is 17.1 Å². The number of rotatable bonds is 2. The zero-order chi connectivity index (χ0) is 53.6. The van der Waals surface area contributed by atoms with E-state index < -0.39 is 46.6 Å². The van der Waals surface area contributed by atoms with Crippen molar-refractivity contribution in [1.82, 2.24) is 0 Å². The van der Waals surface area contributed by atoms with Crippen LogP contribution in [0.2, 0.25) is 0 Å². The Morgan fingerprint density at radius 3 is 1.41 bits per heavy atom. The van der Waals surface area contributed by atoms with E-state index in [0.717, 1.165) is 74.0 Å². The number of alkyl halides is 9. The van der Waals surface area contributed by atoms with Crippen molar-refractivity contribution in [2.75, 3.05) is 0 Å². The van der Waals surface area contributed by atoms with Crippen molar-refractivity contribution in [1.29, 1.82) is 0 Å². The van der Waals surface area contributed by atoms with Crippen LogP contribution in [0.5, 0.6) is 11.5 Å². The summed E-state index contributed by atoms with van der Waals surface area (Å²) in [7, 11) is 0. The third-order valence-corrected chi connectivity index (χ3v) is 13.8. The van der Waals surface area contributed by atoms with Gasteiger partial charge in [-0.2, -0.15) is 58.1 Å². The number of furan rings is 3. The summed E-state index contributed by atoms with van der Waals surface area (Å²) in [5.74, 6) is -0.449. The first-order valence-electron chi connectivity index (χ1n) is 23.8. The largest absolute Gasteiger partial charge is 2.00 e. The fourth-order valence-electron chi connectivity index (χ4n) is 10.2. The predicted octanol–water partition coefficient (Wildman–Crippen LogP) is 16.0. The molecule has 390 valence electrons. The summed E-state index contributed by atoms with van der Waals surface area (Å²) in [6.45, 7) is 3.95. The maximum Gasteiger partial charge on any atom is 2.00 e. The van der Waals surface area contributed by atoms with Gasteiger partial charge in [0.2, 0.25) is 0 Å². The van der Waals surface area contributed by atoms with Crippen LogP contribution >= 0.6 is 0 Å². The molecule has 13 aromatic rings. The molecule has 1 aliphatic heterocycles. The van der Waals surface area contributed by atoms with Gasteiger partial charge in [-0.25, -0.2) is 0 Å². The van der Waals surface area contributed by atoms with E-state index in [-0.39, 0.29) is 63.1 Å². The third-order valence-electron chi connectivity index (χ3n) is 13.8. The number of aromatic hydroxyl groups is 1. The number of phenolic OH excluding ortho intramolecular Hbond substituents is 1. The first kappa shape index (κ1) is 54.1. The molecule has 0 radical (unpaired) electrons. The van der Waals surface area contributed by atoms with Crippen molar-refractivity contribution in [3.63, 3.8) is 0 Å². The van der Waals surface area contributed by atoms with Gasteiger partial charge < -0.3 is 35.5 Å². The Hall–Kier alpha value is -8.24. The molecular weight excluding hydrogens is 1070 g/mol. The second kappa shape index (κ2) is 20.2. The predicted molar refractivity (Wildman–Crippen MR) is 286 cm³/mol. The molecule has 0 fully saturated rings. The molecule has 16 heteroatoms. The molecule has 5 nitrogen and oxygen atoms in total. The number of hydrogen-bond donors (Lipinski definition) is 1. The van der Waals surface area contributed by atoms with E-state index in [9.17, 15) is 44.6 Å². The minimum Gasteiger partial charge on any atom is -1.00 e. The average Bonchev–Trinajstić information content (AvgIpc) is 4.22. The Labute approximate surface area is 464 Å². The Balaban J connectivity index is 0.000000154. The Morgan fingerprint density at radius 1 is 0.405 bits per heavy atom. The molecule has 1 unspecified atom stereocenters. The SMILES string of the molecule is FC(F)(F)c1ccc(C2(c3ccccc3)C=Cc3c(C(F)(F)F)cc4c(ccc5c6ccccc6oc45)c3O2)cc1.Oc1cc(C(F)(F)F)cc2c1ccc1c3ccccc3oc21.[CH2-]c1cccc2c1oc1ccccc12.[Cl-].[Mg+2]. The van der Waals surface area contributed by atoms with Gasteiger partial charge in [0.1, 0.15) is 39.4 Å².